The molecule has 1 aromatic heterocycles. The van der Waals surface area contributed by atoms with E-state index < -0.39 is 0 Å². The zero-order chi connectivity index (χ0) is 8.39. The van der Waals surface area contributed by atoms with E-state index in [1.807, 2.05) is 18.5 Å². The van der Waals surface area contributed by atoms with Crippen molar-refractivity contribution in [2.45, 2.75) is 18.9 Å². The summed E-state index contributed by atoms with van der Waals surface area (Å²) in [5.74, 6) is 0. The molecule has 0 amide bonds. The zero-order valence-corrected chi connectivity index (χ0v) is 7.40. The summed E-state index contributed by atoms with van der Waals surface area (Å²) in [5.41, 5.74) is 1.36. The summed E-state index contributed by atoms with van der Waals surface area (Å²) >= 11 is 0. The molecule has 0 unspecified atom stereocenters. The van der Waals surface area contributed by atoms with Gasteiger partial charge in [0.25, 0.3) is 0 Å². The van der Waals surface area contributed by atoms with Gasteiger partial charge < -0.3 is 0 Å². The fraction of sp³-hybridized carbons (Fsp3) is 0.500. The number of hydrogen-bond acceptors (Lipinski definition) is 2. The molecule has 1 fully saturated rings. The highest BCUT2D eigenvalue weighted by Gasteiger charge is 2.21. The van der Waals surface area contributed by atoms with Crippen molar-refractivity contribution < 1.29 is 0 Å². The third-order valence-electron chi connectivity index (χ3n) is 2.59. The van der Waals surface area contributed by atoms with E-state index in [9.17, 15) is 0 Å². The Morgan fingerprint density at radius 3 is 2.92 bits per heavy atom. The van der Waals surface area contributed by atoms with E-state index in [1.54, 1.807) is 0 Å². The maximum atomic E-state index is 4.14. The normalized spacial score (nSPS) is 22.7. The zero-order valence-electron chi connectivity index (χ0n) is 7.40. The molecule has 1 aliphatic heterocycles. The van der Waals surface area contributed by atoms with Gasteiger partial charge in [-0.2, -0.15) is 0 Å². The van der Waals surface area contributed by atoms with Crippen LogP contribution in [0.15, 0.2) is 24.5 Å². The van der Waals surface area contributed by atoms with Crippen LogP contribution in [0.3, 0.4) is 0 Å². The van der Waals surface area contributed by atoms with Crippen molar-refractivity contribution in [2.75, 3.05) is 13.6 Å². The van der Waals surface area contributed by atoms with E-state index in [1.165, 1.54) is 24.9 Å². The predicted molar refractivity (Wildman–Crippen MR) is 57.4 cm³/mol. The minimum absolute atomic E-state index is 0. The first-order valence-electron chi connectivity index (χ1n) is 4.48. The number of nitrogens with zero attached hydrogens (tertiary/aromatic N) is 2. The minimum Gasteiger partial charge on any atom is -0.299 e. The quantitative estimate of drug-likeness (QED) is 0.610. The van der Waals surface area contributed by atoms with Crippen LogP contribution in [0.5, 0.6) is 0 Å². The smallest absolute Gasteiger partial charge is 0.299 e. The molecule has 0 spiro atoms. The Kier molecular flexibility index (Phi) is 4.16. The molecular formula is C10H16MgN2. The molecule has 2 heterocycles. The summed E-state index contributed by atoms with van der Waals surface area (Å²) in [6, 6.07) is 4.79. The van der Waals surface area contributed by atoms with Gasteiger partial charge in [-0.25, -0.2) is 0 Å². The number of hydrogen-bond donors (Lipinski definition) is 0. The Morgan fingerprint density at radius 2 is 2.38 bits per heavy atom. The van der Waals surface area contributed by atoms with Gasteiger partial charge in [-0.15, -0.1) is 0 Å². The Balaban J connectivity index is 0.000000845. The molecular weight excluding hydrogens is 172 g/mol. The van der Waals surface area contributed by atoms with E-state index in [4.69, 9.17) is 0 Å². The molecule has 1 aliphatic rings. The van der Waals surface area contributed by atoms with Crippen LogP contribution in [0.1, 0.15) is 24.4 Å². The largest absolute Gasteiger partial charge is 0.316 e. The molecule has 13 heavy (non-hydrogen) atoms. The summed E-state index contributed by atoms with van der Waals surface area (Å²) in [7, 11) is 2.19. The molecule has 2 nitrogen and oxygen atoms in total. The lowest BCUT2D eigenvalue weighted by atomic mass is 10.1. The highest BCUT2D eigenvalue weighted by molar-refractivity contribution is 5.75. The third kappa shape index (κ3) is 2.42. The summed E-state index contributed by atoms with van der Waals surface area (Å²) in [6.07, 6.45) is 6.41. The van der Waals surface area contributed by atoms with E-state index in [0.717, 1.165) is 0 Å². The lowest BCUT2D eigenvalue weighted by Crippen LogP contribution is -2.17. The summed E-state index contributed by atoms with van der Waals surface area (Å²) < 4.78 is 0. The Hall–Kier alpha value is -0.124. The highest BCUT2D eigenvalue weighted by Crippen LogP contribution is 2.29. The van der Waals surface area contributed by atoms with Crippen LogP contribution >= 0.6 is 0 Å². The van der Waals surface area contributed by atoms with E-state index in [-0.39, 0.29) is 23.1 Å². The summed E-state index contributed by atoms with van der Waals surface area (Å²) in [5, 5.41) is 0. The van der Waals surface area contributed by atoms with Gasteiger partial charge in [-0.05, 0) is 38.1 Å². The number of pyridine rings is 1. The predicted octanol–water partition coefficient (Wildman–Crippen LogP) is 0.932. The highest BCUT2D eigenvalue weighted by atomic mass is 24.3. The van der Waals surface area contributed by atoms with E-state index in [2.05, 4.69) is 23.0 Å². The number of rotatable bonds is 1. The van der Waals surface area contributed by atoms with Crippen LogP contribution in [0.2, 0.25) is 0 Å². The van der Waals surface area contributed by atoms with Crippen molar-refractivity contribution in [3.8, 4) is 0 Å². The van der Waals surface area contributed by atoms with Gasteiger partial charge in [0.05, 0.1) is 0 Å². The van der Waals surface area contributed by atoms with Crippen LogP contribution in [-0.4, -0.2) is 46.5 Å². The number of likely N-dealkylation sites (tertiary alicyclic amines) is 1. The lowest BCUT2D eigenvalue weighted by molar-refractivity contribution is 0.317. The first-order chi connectivity index (χ1) is 5.88. The van der Waals surface area contributed by atoms with E-state index in [0.29, 0.717) is 6.04 Å². The molecule has 0 radical (unpaired) electrons. The average Bonchev–Trinajstić information content (AvgIpc) is 2.53. The standard InChI is InChI=1S/C10H14N2.Mg.2H/c1-12-7-3-5-10(12)9-4-2-6-11-8-9;;;/h2,4,6,8,10H,3,5,7H2,1H3;;;/t10-;;;/m0.../s1. The van der Waals surface area contributed by atoms with Crippen molar-refractivity contribution in [3.63, 3.8) is 0 Å². The SMILES string of the molecule is CN1CCC[C@H]1c1cccnc1.[MgH2]. The Labute approximate surface area is 95.5 Å². The molecule has 3 heteroatoms. The van der Waals surface area contributed by atoms with Gasteiger partial charge >= 0.3 is 23.1 Å². The van der Waals surface area contributed by atoms with E-state index >= 15 is 0 Å². The van der Waals surface area contributed by atoms with Crippen molar-refractivity contribution in [3.05, 3.63) is 30.1 Å². The van der Waals surface area contributed by atoms with Crippen LogP contribution < -0.4 is 0 Å². The van der Waals surface area contributed by atoms with Gasteiger partial charge in [0.1, 0.15) is 0 Å². The second-order valence-corrected chi connectivity index (χ2v) is 3.42. The van der Waals surface area contributed by atoms with Gasteiger partial charge in [-0.3, -0.25) is 9.88 Å². The van der Waals surface area contributed by atoms with Crippen LogP contribution in [0, 0.1) is 0 Å². The minimum atomic E-state index is 0. The third-order valence-corrected chi connectivity index (χ3v) is 2.59. The summed E-state index contributed by atoms with van der Waals surface area (Å²) in [6.45, 7) is 1.22. The van der Waals surface area contributed by atoms with Crippen molar-refractivity contribution in [2.24, 2.45) is 0 Å². The van der Waals surface area contributed by atoms with Gasteiger partial charge in [0, 0.05) is 18.4 Å². The molecule has 68 valence electrons. The average molecular weight is 189 g/mol. The second-order valence-electron chi connectivity index (χ2n) is 3.42. The fourth-order valence-electron chi connectivity index (χ4n) is 1.90. The summed E-state index contributed by atoms with van der Waals surface area (Å²) in [4.78, 5) is 6.54. The van der Waals surface area contributed by atoms with Crippen molar-refractivity contribution in [1.82, 2.24) is 9.88 Å². The Morgan fingerprint density at radius 1 is 1.54 bits per heavy atom. The van der Waals surface area contributed by atoms with Gasteiger partial charge in [-0.1, -0.05) is 6.07 Å². The molecule has 0 bridgehead atoms. The van der Waals surface area contributed by atoms with Gasteiger partial charge in [0.2, 0.25) is 0 Å². The second kappa shape index (κ2) is 4.93. The molecule has 0 N–H and O–H groups in total. The van der Waals surface area contributed by atoms with Crippen molar-refractivity contribution in [1.29, 1.82) is 0 Å². The molecule has 0 aromatic carbocycles. The fourth-order valence-corrected chi connectivity index (χ4v) is 1.90. The maximum Gasteiger partial charge on any atom is 0.316 e. The monoisotopic (exact) mass is 188 g/mol. The van der Waals surface area contributed by atoms with Crippen LogP contribution in [0.4, 0.5) is 0 Å². The molecule has 0 saturated carbocycles. The lowest BCUT2D eigenvalue weighted by Gasteiger charge is -2.18. The maximum absolute atomic E-state index is 4.14. The molecule has 1 saturated heterocycles. The molecule has 1 atom stereocenters. The molecule has 1 aromatic rings. The van der Waals surface area contributed by atoms with Crippen LogP contribution in [-0.2, 0) is 0 Å². The van der Waals surface area contributed by atoms with Gasteiger partial charge in [0.15, 0.2) is 0 Å². The topological polar surface area (TPSA) is 16.1 Å². The van der Waals surface area contributed by atoms with Crippen LogP contribution in [0.25, 0.3) is 0 Å². The Bertz CT molecular complexity index is 250. The first-order valence-corrected chi connectivity index (χ1v) is 4.48. The van der Waals surface area contributed by atoms with Crippen molar-refractivity contribution >= 4 is 23.1 Å². The molecule has 0 aliphatic carbocycles. The molecule has 2 rings (SSSR count). The number of aromatic nitrogens is 1. The first kappa shape index (κ1) is 11.0.